The van der Waals surface area contributed by atoms with Gasteiger partial charge in [0, 0.05) is 43.2 Å². The van der Waals surface area contributed by atoms with Crippen LogP contribution in [0.3, 0.4) is 0 Å². The maximum absolute atomic E-state index is 13.3. The number of carboxylic acid groups (broad SMARTS) is 1. The van der Waals surface area contributed by atoms with E-state index in [1.807, 2.05) is 0 Å². The number of carboxylic acids is 1. The fraction of sp³-hybridized carbons (Fsp3) is 0.476. The highest BCUT2D eigenvalue weighted by Crippen LogP contribution is 2.05. The first kappa shape index (κ1) is 29.7. The summed E-state index contributed by atoms with van der Waals surface area (Å²) in [5.41, 5.74) is 17.8. The first-order valence-electron chi connectivity index (χ1n) is 11.6. The van der Waals surface area contributed by atoms with Crippen LogP contribution in [0.15, 0.2) is 30.0 Å². The molecule has 0 aliphatic heterocycles. The Morgan fingerprint density at radius 3 is 1.97 bits per heavy atom. The molecular formula is C21H33N11O6. The average molecular weight is 536 g/mol. The normalized spacial score (nSPS) is 13.9. The van der Waals surface area contributed by atoms with Crippen LogP contribution in [0.2, 0.25) is 0 Å². The van der Waals surface area contributed by atoms with Gasteiger partial charge in [0.25, 0.3) is 0 Å². The van der Waals surface area contributed by atoms with Gasteiger partial charge in [0.05, 0.1) is 25.3 Å². The van der Waals surface area contributed by atoms with Gasteiger partial charge in [-0.2, -0.15) is 0 Å². The summed E-state index contributed by atoms with van der Waals surface area (Å²) in [5, 5.41) is 25.7. The average Bonchev–Trinajstić information content (AvgIpc) is 3.57. The van der Waals surface area contributed by atoms with Gasteiger partial charge in [0.15, 0.2) is 5.96 Å². The molecule has 0 spiro atoms. The second kappa shape index (κ2) is 14.9. The first-order chi connectivity index (χ1) is 18.1. The highest BCUT2D eigenvalue weighted by atomic mass is 16.4. The van der Waals surface area contributed by atoms with Gasteiger partial charge >= 0.3 is 5.97 Å². The lowest BCUT2D eigenvalue weighted by Gasteiger charge is -2.24. The van der Waals surface area contributed by atoms with Gasteiger partial charge in [-0.3, -0.25) is 19.4 Å². The van der Waals surface area contributed by atoms with Crippen LogP contribution in [-0.2, 0) is 32.0 Å². The number of hydrogen-bond acceptors (Lipinski definition) is 9. The fourth-order valence-electron chi connectivity index (χ4n) is 3.33. The third kappa shape index (κ3) is 9.86. The van der Waals surface area contributed by atoms with E-state index < -0.39 is 54.5 Å². The van der Waals surface area contributed by atoms with Crippen molar-refractivity contribution in [3.05, 3.63) is 36.4 Å². The van der Waals surface area contributed by atoms with Crippen molar-refractivity contribution in [2.45, 2.75) is 49.9 Å². The van der Waals surface area contributed by atoms with Crippen molar-refractivity contribution in [1.82, 2.24) is 35.9 Å². The number of aliphatic imine (C=N–C) groups is 1. The Hall–Kier alpha value is -4.51. The first-order valence-corrected chi connectivity index (χ1v) is 11.6. The van der Waals surface area contributed by atoms with Crippen LogP contribution in [0.5, 0.6) is 0 Å². The van der Waals surface area contributed by atoms with Crippen LogP contribution >= 0.6 is 0 Å². The Bertz CT molecular complexity index is 1070. The molecule has 0 saturated carbocycles. The molecule has 3 amide bonds. The van der Waals surface area contributed by atoms with Crippen molar-refractivity contribution in [1.29, 1.82) is 0 Å². The van der Waals surface area contributed by atoms with Gasteiger partial charge in [0.2, 0.25) is 17.7 Å². The van der Waals surface area contributed by atoms with E-state index in [0.29, 0.717) is 11.4 Å². The largest absolute Gasteiger partial charge is 0.480 e. The Morgan fingerprint density at radius 2 is 1.45 bits per heavy atom. The van der Waals surface area contributed by atoms with Crippen LogP contribution in [-0.4, -0.2) is 97.1 Å². The topological polar surface area (TPSA) is 293 Å². The molecule has 0 aromatic carbocycles. The summed E-state index contributed by atoms with van der Waals surface area (Å²) in [7, 11) is 0. The maximum atomic E-state index is 13.3. The Balaban J connectivity index is 2.16. The molecular weight excluding hydrogens is 502 g/mol. The van der Waals surface area contributed by atoms with Crippen molar-refractivity contribution in [2.75, 3.05) is 13.2 Å². The molecule has 2 aromatic rings. The summed E-state index contributed by atoms with van der Waals surface area (Å²) >= 11 is 0. The number of aromatic nitrogens is 4. The van der Waals surface area contributed by atoms with Crippen LogP contribution in [0.1, 0.15) is 24.2 Å². The van der Waals surface area contributed by atoms with Crippen molar-refractivity contribution in [3.8, 4) is 0 Å². The summed E-state index contributed by atoms with van der Waals surface area (Å²) in [5.74, 6) is -3.83. The number of amides is 3. The van der Waals surface area contributed by atoms with Crippen molar-refractivity contribution in [2.24, 2.45) is 22.2 Å². The molecule has 0 aliphatic carbocycles. The molecule has 0 fully saturated rings. The zero-order chi connectivity index (χ0) is 28.1. The number of rotatable bonds is 16. The Labute approximate surface area is 217 Å². The van der Waals surface area contributed by atoms with E-state index in [2.05, 4.69) is 40.9 Å². The zero-order valence-corrected chi connectivity index (χ0v) is 20.5. The van der Waals surface area contributed by atoms with Crippen LogP contribution in [0.4, 0.5) is 0 Å². The molecule has 2 rings (SSSR count). The number of imidazole rings is 2. The van der Waals surface area contributed by atoms with Crippen LogP contribution in [0, 0.1) is 0 Å². The minimum absolute atomic E-state index is 0.00885. The van der Waals surface area contributed by atoms with Gasteiger partial charge in [-0.05, 0) is 12.8 Å². The molecule has 38 heavy (non-hydrogen) atoms. The number of hydrogen-bond donors (Lipinski definition) is 10. The molecule has 208 valence electrons. The highest BCUT2D eigenvalue weighted by molar-refractivity contribution is 5.94. The third-order valence-corrected chi connectivity index (χ3v) is 5.32. The third-order valence-electron chi connectivity index (χ3n) is 5.32. The molecule has 0 saturated heterocycles. The number of aliphatic hydroxyl groups excluding tert-OH is 1. The number of aliphatic carboxylic acids is 1. The molecule has 0 radical (unpaired) electrons. The van der Waals surface area contributed by atoms with Crippen LogP contribution < -0.4 is 33.2 Å². The minimum atomic E-state index is -1.58. The lowest BCUT2D eigenvalue weighted by atomic mass is 10.1. The molecule has 17 heteroatoms. The predicted molar refractivity (Wildman–Crippen MR) is 133 cm³/mol. The van der Waals surface area contributed by atoms with Gasteiger partial charge in [-0.1, -0.05) is 0 Å². The maximum Gasteiger partial charge on any atom is 0.328 e. The smallest absolute Gasteiger partial charge is 0.328 e. The zero-order valence-electron chi connectivity index (χ0n) is 20.5. The summed E-state index contributed by atoms with van der Waals surface area (Å²) < 4.78 is 0. The number of nitrogens with two attached hydrogens (primary N) is 3. The van der Waals surface area contributed by atoms with Gasteiger partial charge < -0.3 is 53.3 Å². The van der Waals surface area contributed by atoms with Gasteiger partial charge in [-0.25, -0.2) is 14.8 Å². The number of carbonyl (C=O) groups excluding carboxylic acids is 3. The summed E-state index contributed by atoms with van der Waals surface area (Å²) in [6, 6.07) is -4.99. The Kier molecular flexibility index (Phi) is 11.7. The van der Waals surface area contributed by atoms with E-state index in [-0.39, 0.29) is 38.2 Å². The second-order valence-corrected chi connectivity index (χ2v) is 8.32. The summed E-state index contributed by atoms with van der Waals surface area (Å²) in [6.45, 7) is -0.719. The fourth-order valence-corrected chi connectivity index (χ4v) is 3.33. The molecule has 4 unspecified atom stereocenters. The SMILES string of the molecule is NC(N)=NCCCC(NC(=O)C(Cc1cnc[nH]1)NC(=O)C(N)Cc1cnc[nH]1)C(=O)NC(CO)C(=O)O. The van der Waals surface area contributed by atoms with Crippen molar-refractivity contribution in [3.63, 3.8) is 0 Å². The van der Waals surface area contributed by atoms with Gasteiger partial charge in [-0.15, -0.1) is 0 Å². The minimum Gasteiger partial charge on any atom is -0.480 e. The van der Waals surface area contributed by atoms with E-state index in [1.165, 1.54) is 25.0 Å². The number of H-pyrrole nitrogens is 2. The van der Waals surface area contributed by atoms with Gasteiger partial charge in [0.1, 0.15) is 18.1 Å². The molecule has 4 atom stereocenters. The van der Waals surface area contributed by atoms with E-state index in [4.69, 9.17) is 22.3 Å². The molecule has 13 N–H and O–H groups in total. The van der Waals surface area contributed by atoms with Crippen molar-refractivity contribution < 1.29 is 29.4 Å². The lowest BCUT2D eigenvalue weighted by molar-refractivity contribution is -0.143. The lowest BCUT2D eigenvalue weighted by Crippen LogP contribution is -2.58. The number of nitrogens with zero attached hydrogens (tertiary/aromatic N) is 3. The summed E-state index contributed by atoms with van der Waals surface area (Å²) in [4.78, 5) is 67.4. The van der Waals surface area contributed by atoms with Crippen molar-refractivity contribution >= 4 is 29.7 Å². The molecule has 0 bridgehead atoms. The summed E-state index contributed by atoms with van der Waals surface area (Å²) in [6.07, 6.45) is 6.23. The monoisotopic (exact) mass is 535 g/mol. The molecule has 17 nitrogen and oxygen atoms in total. The van der Waals surface area contributed by atoms with E-state index in [0.717, 1.165) is 0 Å². The number of carbonyl (C=O) groups is 4. The van der Waals surface area contributed by atoms with E-state index in [1.54, 1.807) is 0 Å². The van der Waals surface area contributed by atoms with E-state index in [9.17, 15) is 24.3 Å². The number of nitrogens with one attached hydrogen (secondary N) is 5. The highest BCUT2D eigenvalue weighted by Gasteiger charge is 2.30. The number of aromatic amines is 2. The quantitative estimate of drug-likeness (QED) is 0.0558. The Morgan fingerprint density at radius 1 is 0.895 bits per heavy atom. The molecule has 2 heterocycles. The molecule has 2 aromatic heterocycles. The number of aliphatic hydroxyl groups is 1. The second-order valence-electron chi connectivity index (χ2n) is 8.32. The molecule has 0 aliphatic rings. The number of guanidine groups is 1. The predicted octanol–water partition coefficient (Wildman–Crippen LogP) is -4.17. The standard InChI is InChI=1S/C21H33N11O6/c22-13(4-11-6-25-9-28-11)17(34)31-15(5-12-7-26-10-29-12)19(36)30-14(2-1-3-27-21(23)24)18(35)32-16(8-33)20(37)38/h6-7,9-10,13-16,33H,1-5,8,22H2,(H,25,28)(H,26,29)(H,30,36)(H,31,34)(H,32,35)(H,37,38)(H4,23,24,27). The van der Waals surface area contributed by atoms with Crippen LogP contribution in [0.25, 0.3) is 0 Å². The van der Waals surface area contributed by atoms with E-state index >= 15 is 0 Å².